The van der Waals surface area contributed by atoms with Crippen LogP contribution in [0.4, 0.5) is 11.8 Å². The zero-order chi connectivity index (χ0) is 11.5. The lowest BCUT2D eigenvalue weighted by Crippen LogP contribution is -2.24. The molecule has 0 amide bonds. The largest absolute Gasteiger partial charge is 0.365 e. The number of likely N-dealkylation sites (N-methyl/N-ethyl adjacent to an activating group) is 1. The summed E-state index contributed by atoms with van der Waals surface area (Å²) >= 11 is 6.00. The van der Waals surface area contributed by atoms with Crippen LogP contribution in [0.15, 0.2) is 6.20 Å². The molecule has 2 rings (SSSR count). The normalized spacial score (nSPS) is 21.1. The number of hydrogen-bond donors (Lipinski definition) is 3. The number of nitrogen functional groups attached to an aromatic ring is 1. The summed E-state index contributed by atoms with van der Waals surface area (Å²) < 4.78 is 0. The van der Waals surface area contributed by atoms with E-state index in [1.165, 1.54) is 6.20 Å². The van der Waals surface area contributed by atoms with E-state index in [0.29, 0.717) is 22.8 Å². The number of rotatable bonds is 3. The van der Waals surface area contributed by atoms with Gasteiger partial charge in [-0.05, 0) is 20.0 Å². The van der Waals surface area contributed by atoms with Gasteiger partial charge in [0.25, 0.3) is 0 Å². The molecular weight excluding hydrogens is 228 g/mol. The molecule has 2 heterocycles. The molecule has 0 aliphatic carbocycles. The van der Waals surface area contributed by atoms with Crippen molar-refractivity contribution in [3.05, 3.63) is 11.2 Å². The quantitative estimate of drug-likeness (QED) is 0.530. The molecule has 1 aliphatic rings. The molecule has 1 aromatic heterocycles. The standard InChI is InChI=1S/C9H15ClN6/c1-16-3-2-6(5-16)13-8-7(10)4-12-9(14-8)15-11/h4,6H,2-3,5,11H2,1H3,(H2,12,13,14,15). The molecule has 6 nitrogen and oxygen atoms in total. The molecule has 1 atom stereocenters. The number of hydrogen-bond acceptors (Lipinski definition) is 6. The Bertz CT molecular complexity index is 371. The molecule has 4 N–H and O–H groups in total. The number of likely N-dealkylation sites (tertiary alicyclic amines) is 1. The third kappa shape index (κ3) is 2.52. The highest BCUT2D eigenvalue weighted by molar-refractivity contribution is 6.32. The van der Waals surface area contributed by atoms with Gasteiger partial charge in [-0.2, -0.15) is 4.98 Å². The summed E-state index contributed by atoms with van der Waals surface area (Å²) in [5.41, 5.74) is 2.40. The average molecular weight is 243 g/mol. The lowest BCUT2D eigenvalue weighted by Gasteiger charge is -2.14. The molecule has 1 saturated heterocycles. The van der Waals surface area contributed by atoms with Crippen LogP contribution < -0.4 is 16.6 Å². The third-order valence-corrected chi connectivity index (χ3v) is 2.88. The van der Waals surface area contributed by atoms with Gasteiger partial charge in [-0.25, -0.2) is 10.8 Å². The fourth-order valence-corrected chi connectivity index (χ4v) is 1.93. The number of nitrogens with one attached hydrogen (secondary N) is 2. The first-order valence-corrected chi connectivity index (χ1v) is 5.51. The predicted molar refractivity (Wildman–Crippen MR) is 64.4 cm³/mol. The summed E-state index contributed by atoms with van der Waals surface area (Å²) in [4.78, 5) is 10.3. The van der Waals surface area contributed by atoms with Gasteiger partial charge < -0.3 is 10.2 Å². The molecule has 1 aliphatic heterocycles. The van der Waals surface area contributed by atoms with E-state index >= 15 is 0 Å². The molecule has 88 valence electrons. The summed E-state index contributed by atoms with van der Waals surface area (Å²) in [7, 11) is 2.09. The van der Waals surface area contributed by atoms with E-state index in [1.807, 2.05) is 0 Å². The van der Waals surface area contributed by atoms with Crippen LogP contribution in [0, 0.1) is 0 Å². The number of nitrogens with two attached hydrogens (primary N) is 1. The highest BCUT2D eigenvalue weighted by Gasteiger charge is 2.20. The molecule has 0 spiro atoms. The van der Waals surface area contributed by atoms with Crippen molar-refractivity contribution in [3.63, 3.8) is 0 Å². The van der Waals surface area contributed by atoms with E-state index in [4.69, 9.17) is 17.4 Å². The van der Waals surface area contributed by atoms with Gasteiger partial charge in [-0.15, -0.1) is 0 Å². The minimum atomic E-state index is 0.359. The van der Waals surface area contributed by atoms with Crippen molar-refractivity contribution in [2.75, 3.05) is 30.9 Å². The van der Waals surface area contributed by atoms with E-state index in [0.717, 1.165) is 19.5 Å². The second kappa shape index (κ2) is 4.82. The van der Waals surface area contributed by atoms with Crippen molar-refractivity contribution in [2.24, 2.45) is 5.84 Å². The van der Waals surface area contributed by atoms with Gasteiger partial charge in [-0.3, -0.25) is 5.43 Å². The second-order valence-corrected chi connectivity index (χ2v) is 4.33. The van der Waals surface area contributed by atoms with Gasteiger partial charge >= 0.3 is 0 Å². The van der Waals surface area contributed by atoms with E-state index in [1.54, 1.807) is 0 Å². The lowest BCUT2D eigenvalue weighted by molar-refractivity contribution is 0.414. The van der Waals surface area contributed by atoms with Crippen LogP contribution in [0.2, 0.25) is 5.02 Å². The fraction of sp³-hybridized carbons (Fsp3) is 0.556. The Hall–Kier alpha value is -1.11. The highest BCUT2D eigenvalue weighted by Crippen LogP contribution is 2.21. The number of aromatic nitrogens is 2. The Labute approximate surface area is 99.2 Å². The van der Waals surface area contributed by atoms with Gasteiger partial charge in [0, 0.05) is 12.6 Å². The van der Waals surface area contributed by atoms with Crippen molar-refractivity contribution in [1.29, 1.82) is 0 Å². The van der Waals surface area contributed by atoms with Gasteiger partial charge in [0.05, 0.1) is 6.20 Å². The van der Waals surface area contributed by atoms with Crippen LogP contribution in [0.5, 0.6) is 0 Å². The van der Waals surface area contributed by atoms with Crippen LogP contribution in [-0.2, 0) is 0 Å². The SMILES string of the molecule is CN1CCC(Nc2nc(NN)ncc2Cl)C1. The molecular formula is C9H15ClN6. The maximum atomic E-state index is 6.00. The zero-order valence-electron chi connectivity index (χ0n) is 9.07. The van der Waals surface area contributed by atoms with Crippen molar-refractivity contribution in [2.45, 2.75) is 12.5 Å². The van der Waals surface area contributed by atoms with Crippen LogP contribution in [0.25, 0.3) is 0 Å². The first-order chi connectivity index (χ1) is 7.69. The van der Waals surface area contributed by atoms with Gasteiger partial charge in [0.1, 0.15) is 5.02 Å². The summed E-state index contributed by atoms with van der Waals surface area (Å²) in [6.45, 7) is 2.08. The monoisotopic (exact) mass is 242 g/mol. The van der Waals surface area contributed by atoms with E-state index in [9.17, 15) is 0 Å². The Morgan fingerprint density at radius 1 is 1.62 bits per heavy atom. The summed E-state index contributed by atoms with van der Waals surface area (Å²) in [5.74, 6) is 6.23. The second-order valence-electron chi connectivity index (χ2n) is 3.93. The van der Waals surface area contributed by atoms with Gasteiger partial charge in [-0.1, -0.05) is 11.6 Å². The highest BCUT2D eigenvalue weighted by atomic mass is 35.5. The molecule has 1 unspecified atom stereocenters. The Balaban J connectivity index is 2.08. The fourth-order valence-electron chi connectivity index (χ4n) is 1.78. The van der Waals surface area contributed by atoms with Crippen LogP contribution in [0.1, 0.15) is 6.42 Å². The maximum absolute atomic E-state index is 6.00. The first-order valence-electron chi connectivity index (χ1n) is 5.13. The molecule has 1 aromatic rings. The summed E-state index contributed by atoms with van der Waals surface area (Å²) in [6, 6.07) is 0.378. The molecule has 16 heavy (non-hydrogen) atoms. The number of anilines is 2. The Morgan fingerprint density at radius 2 is 2.44 bits per heavy atom. The van der Waals surface area contributed by atoms with Crippen molar-refractivity contribution >= 4 is 23.4 Å². The first kappa shape index (κ1) is 11.4. The maximum Gasteiger partial charge on any atom is 0.239 e. The third-order valence-electron chi connectivity index (χ3n) is 2.61. The summed E-state index contributed by atoms with van der Waals surface area (Å²) in [5, 5.41) is 3.80. The Morgan fingerprint density at radius 3 is 3.06 bits per heavy atom. The van der Waals surface area contributed by atoms with E-state index in [2.05, 4.69) is 32.7 Å². The minimum Gasteiger partial charge on any atom is -0.365 e. The van der Waals surface area contributed by atoms with Crippen molar-refractivity contribution < 1.29 is 0 Å². The zero-order valence-corrected chi connectivity index (χ0v) is 9.83. The summed E-state index contributed by atoms with van der Waals surface area (Å²) in [6.07, 6.45) is 2.62. The van der Waals surface area contributed by atoms with E-state index < -0.39 is 0 Å². The van der Waals surface area contributed by atoms with Crippen LogP contribution in [0.3, 0.4) is 0 Å². The molecule has 0 aromatic carbocycles. The molecule has 0 saturated carbocycles. The Kier molecular flexibility index (Phi) is 3.42. The van der Waals surface area contributed by atoms with Crippen LogP contribution >= 0.6 is 11.6 Å². The smallest absolute Gasteiger partial charge is 0.239 e. The molecule has 1 fully saturated rings. The average Bonchev–Trinajstić information content (AvgIpc) is 2.67. The van der Waals surface area contributed by atoms with Crippen LogP contribution in [-0.4, -0.2) is 41.0 Å². The molecule has 0 bridgehead atoms. The van der Waals surface area contributed by atoms with Crippen molar-refractivity contribution in [1.82, 2.24) is 14.9 Å². The lowest BCUT2D eigenvalue weighted by atomic mass is 10.2. The number of nitrogens with zero attached hydrogens (tertiary/aromatic N) is 3. The molecule has 7 heteroatoms. The van der Waals surface area contributed by atoms with Gasteiger partial charge in [0.15, 0.2) is 5.82 Å². The van der Waals surface area contributed by atoms with Gasteiger partial charge in [0.2, 0.25) is 5.95 Å². The minimum absolute atomic E-state index is 0.359. The molecule has 0 radical (unpaired) electrons. The van der Waals surface area contributed by atoms with Crippen molar-refractivity contribution in [3.8, 4) is 0 Å². The predicted octanol–water partition coefficient (Wildman–Crippen LogP) is 0.532. The number of hydrazine groups is 1. The van der Waals surface area contributed by atoms with E-state index in [-0.39, 0.29) is 0 Å². The number of halogens is 1. The topological polar surface area (TPSA) is 79.1 Å².